The van der Waals surface area contributed by atoms with E-state index in [1.807, 2.05) is 0 Å². The number of anilines is 1. The Balaban J connectivity index is 1.98. The molecule has 2 rings (SSSR count). The van der Waals surface area contributed by atoms with Crippen molar-refractivity contribution in [1.29, 1.82) is 0 Å². The number of methoxy groups -OCH3 is 1. The number of hydrogen-bond donors (Lipinski definition) is 1. The number of carbonyl (C=O) groups is 1. The van der Waals surface area contributed by atoms with Crippen molar-refractivity contribution >= 4 is 45.6 Å². The summed E-state index contributed by atoms with van der Waals surface area (Å²) in [5.74, 6) is 0.107. The van der Waals surface area contributed by atoms with Crippen LogP contribution in [0.3, 0.4) is 0 Å². The molecule has 0 bridgehead atoms. The molecule has 0 aliphatic carbocycles. The van der Waals surface area contributed by atoms with Crippen LogP contribution in [0.15, 0.2) is 12.1 Å². The molecule has 0 saturated carbocycles. The van der Waals surface area contributed by atoms with Gasteiger partial charge in [0.1, 0.15) is 4.32 Å². The SMILES string of the molecule is COc1cc(NC(=O)CSC(=S)N2CCCC2)c(C)cc1[N+](=O)[O-]. The van der Waals surface area contributed by atoms with Crippen LogP contribution in [0.2, 0.25) is 0 Å². The highest BCUT2D eigenvalue weighted by Crippen LogP contribution is 2.32. The van der Waals surface area contributed by atoms with Gasteiger partial charge in [0.2, 0.25) is 5.91 Å². The minimum Gasteiger partial charge on any atom is -0.490 e. The van der Waals surface area contributed by atoms with Gasteiger partial charge in [-0.1, -0.05) is 24.0 Å². The van der Waals surface area contributed by atoms with E-state index in [9.17, 15) is 14.9 Å². The second kappa shape index (κ2) is 8.29. The molecular formula is C15H19N3O4S2. The molecule has 1 fully saturated rings. The second-order valence-corrected chi connectivity index (χ2v) is 7.00. The molecule has 1 N–H and O–H groups in total. The van der Waals surface area contributed by atoms with E-state index in [-0.39, 0.29) is 23.1 Å². The zero-order valence-electron chi connectivity index (χ0n) is 13.5. The summed E-state index contributed by atoms with van der Waals surface area (Å²) in [6.45, 7) is 3.60. The number of thiocarbonyl (C=S) groups is 1. The average molecular weight is 369 g/mol. The van der Waals surface area contributed by atoms with Gasteiger partial charge in [-0.3, -0.25) is 14.9 Å². The summed E-state index contributed by atoms with van der Waals surface area (Å²) in [7, 11) is 1.35. The number of ether oxygens (including phenoxy) is 1. The Morgan fingerprint density at radius 3 is 2.71 bits per heavy atom. The number of likely N-dealkylation sites (tertiary alicyclic amines) is 1. The molecule has 0 atom stereocenters. The van der Waals surface area contributed by atoms with Gasteiger partial charge in [-0.2, -0.15) is 0 Å². The Hall–Kier alpha value is -1.87. The third-order valence-corrected chi connectivity index (χ3v) is 5.21. The molecule has 1 aromatic rings. The number of aryl methyl sites for hydroxylation is 1. The van der Waals surface area contributed by atoms with Gasteiger partial charge >= 0.3 is 5.69 Å². The number of amides is 1. The number of nitrogens with one attached hydrogen (secondary N) is 1. The van der Waals surface area contributed by atoms with Crippen molar-refractivity contribution in [2.75, 3.05) is 31.3 Å². The van der Waals surface area contributed by atoms with Crippen LogP contribution >= 0.6 is 24.0 Å². The highest BCUT2D eigenvalue weighted by Gasteiger charge is 2.19. The largest absolute Gasteiger partial charge is 0.490 e. The lowest BCUT2D eigenvalue weighted by molar-refractivity contribution is -0.385. The van der Waals surface area contributed by atoms with Crippen molar-refractivity contribution in [3.63, 3.8) is 0 Å². The molecule has 1 aliphatic heterocycles. The second-order valence-electron chi connectivity index (χ2n) is 5.39. The lowest BCUT2D eigenvalue weighted by atomic mass is 10.1. The monoisotopic (exact) mass is 369 g/mol. The zero-order chi connectivity index (χ0) is 17.7. The predicted molar refractivity (Wildman–Crippen MR) is 98.9 cm³/mol. The van der Waals surface area contributed by atoms with Crippen molar-refractivity contribution < 1.29 is 14.5 Å². The van der Waals surface area contributed by atoms with Crippen molar-refractivity contribution in [1.82, 2.24) is 4.90 Å². The van der Waals surface area contributed by atoms with Crippen molar-refractivity contribution in [2.24, 2.45) is 0 Å². The van der Waals surface area contributed by atoms with Crippen molar-refractivity contribution in [3.05, 3.63) is 27.8 Å². The molecule has 9 heteroatoms. The zero-order valence-corrected chi connectivity index (χ0v) is 15.2. The summed E-state index contributed by atoms with van der Waals surface area (Å²) >= 11 is 6.65. The van der Waals surface area contributed by atoms with E-state index in [4.69, 9.17) is 17.0 Å². The first-order valence-electron chi connectivity index (χ1n) is 7.47. The van der Waals surface area contributed by atoms with Gasteiger partial charge in [0.15, 0.2) is 5.75 Å². The molecule has 1 aromatic carbocycles. The van der Waals surface area contributed by atoms with Crippen LogP contribution in [0.1, 0.15) is 18.4 Å². The molecule has 24 heavy (non-hydrogen) atoms. The molecule has 1 aliphatic rings. The number of hydrogen-bond acceptors (Lipinski definition) is 6. The fourth-order valence-corrected chi connectivity index (χ4v) is 3.47. The lowest BCUT2D eigenvalue weighted by Gasteiger charge is -2.17. The molecule has 1 heterocycles. The molecule has 7 nitrogen and oxygen atoms in total. The lowest BCUT2D eigenvalue weighted by Crippen LogP contribution is -2.25. The van der Waals surface area contributed by atoms with E-state index in [0.717, 1.165) is 30.3 Å². The molecular weight excluding hydrogens is 350 g/mol. The normalized spacial score (nSPS) is 13.7. The van der Waals surface area contributed by atoms with Crippen LogP contribution in [0.5, 0.6) is 5.75 Å². The summed E-state index contributed by atoms with van der Waals surface area (Å²) < 4.78 is 5.76. The highest BCUT2D eigenvalue weighted by molar-refractivity contribution is 8.23. The third-order valence-electron chi connectivity index (χ3n) is 3.69. The summed E-state index contributed by atoms with van der Waals surface area (Å²) in [6, 6.07) is 2.85. The van der Waals surface area contributed by atoms with E-state index in [0.29, 0.717) is 11.3 Å². The summed E-state index contributed by atoms with van der Waals surface area (Å²) in [5, 5.41) is 13.7. The first-order chi connectivity index (χ1) is 11.4. The van der Waals surface area contributed by atoms with Crippen LogP contribution in [0.25, 0.3) is 0 Å². The van der Waals surface area contributed by atoms with E-state index in [1.54, 1.807) is 6.92 Å². The Kier molecular flexibility index (Phi) is 6.38. The van der Waals surface area contributed by atoms with E-state index in [2.05, 4.69) is 10.2 Å². The summed E-state index contributed by atoms with van der Waals surface area (Å²) in [6.07, 6.45) is 2.27. The number of nitro benzene ring substituents is 1. The fourth-order valence-electron chi connectivity index (χ4n) is 2.42. The Morgan fingerprint density at radius 2 is 2.12 bits per heavy atom. The van der Waals surface area contributed by atoms with Crippen LogP contribution in [0.4, 0.5) is 11.4 Å². The molecule has 0 spiro atoms. The van der Waals surface area contributed by atoms with Gasteiger partial charge in [0, 0.05) is 30.9 Å². The minimum absolute atomic E-state index is 0.112. The van der Waals surface area contributed by atoms with Crippen LogP contribution in [0, 0.1) is 17.0 Å². The number of nitro groups is 1. The van der Waals surface area contributed by atoms with Crippen LogP contribution < -0.4 is 10.1 Å². The van der Waals surface area contributed by atoms with Gasteiger partial charge in [-0.05, 0) is 25.3 Å². The topological polar surface area (TPSA) is 84.7 Å². The standard InChI is InChI=1S/C15H19N3O4S2/c1-10-7-12(18(20)21)13(22-2)8-11(10)16-14(19)9-24-15(23)17-5-3-4-6-17/h7-8H,3-6,9H2,1-2H3,(H,16,19). The van der Waals surface area contributed by atoms with Gasteiger partial charge in [-0.15, -0.1) is 0 Å². The maximum absolute atomic E-state index is 12.1. The van der Waals surface area contributed by atoms with Crippen LogP contribution in [-0.2, 0) is 4.79 Å². The first-order valence-corrected chi connectivity index (χ1v) is 8.86. The van der Waals surface area contributed by atoms with E-state index >= 15 is 0 Å². The average Bonchev–Trinajstić information content (AvgIpc) is 3.08. The van der Waals surface area contributed by atoms with Crippen molar-refractivity contribution in [2.45, 2.75) is 19.8 Å². The van der Waals surface area contributed by atoms with Crippen molar-refractivity contribution in [3.8, 4) is 5.75 Å². The summed E-state index contributed by atoms with van der Waals surface area (Å²) in [4.78, 5) is 24.7. The quantitative estimate of drug-likeness (QED) is 0.485. The molecule has 1 amide bonds. The molecule has 1 saturated heterocycles. The Morgan fingerprint density at radius 1 is 1.46 bits per heavy atom. The Bertz CT molecular complexity index is 660. The maximum Gasteiger partial charge on any atom is 0.311 e. The Labute approximate surface area is 149 Å². The molecule has 0 radical (unpaired) electrons. The van der Waals surface area contributed by atoms with E-state index in [1.165, 1.54) is 31.0 Å². The van der Waals surface area contributed by atoms with E-state index < -0.39 is 4.92 Å². The first kappa shape index (κ1) is 18.5. The van der Waals surface area contributed by atoms with Crippen LogP contribution in [-0.4, -0.2) is 46.0 Å². The highest BCUT2D eigenvalue weighted by atomic mass is 32.2. The van der Waals surface area contributed by atoms with Gasteiger partial charge < -0.3 is 15.0 Å². The fraction of sp³-hybridized carbons (Fsp3) is 0.467. The summed E-state index contributed by atoms with van der Waals surface area (Å²) in [5.41, 5.74) is 0.968. The number of rotatable bonds is 5. The molecule has 0 aromatic heterocycles. The number of benzene rings is 1. The smallest absolute Gasteiger partial charge is 0.311 e. The maximum atomic E-state index is 12.1. The minimum atomic E-state index is -0.512. The molecule has 0 unspecified atom stereocenters. The van der Waals surface area contributed by atoms with Gasteiger partial charge in [0.05, 0.1) is 17.8 Å². The predicted octanol–water partition coefficient (Wildman–Crippen LogP) is 2.96. The number of carbonyl (C=O) groups excluding carboxylic acids is 1. The number of thioether (sulfide) groups is 1. The van der Waals surface area contributed by atoms with Gasteiger partial charge in [-0.25, -0.2) is 0 Å². The third kappa shape index (κ3) is 4.57. The number of nitrogens with zero attached hydrogens (tertiary/aromatic N) is 2. The molecule has 130 valence electrons. The van der Waals surface area contributed by atoms with Gasteiger partial charge in [0.25, 0.3) is 0 Å².